The summed E-state index contributed by atoms with van der Waals surface area (Å²) < 4.78 is 5.53. The summed E-state index contributed by atoms with van der Waals surface area (Å²) in [5.41, 5.74) is 1.67. The summed E-state index contributed by atoms with van der Waals surface area (Å²) in [6.07, 6.45) is 0. The summed E-state index contributed by atoms with van der Waals surface area (Å²) in [5, 5.41) is 20.2. The predicted octanol–water partition coefficient (Wildman–Crippen LogP) is 3.54. The van der Waals surface area contributed by atoms with Gasteiger partial charge in [0, 0.05) is 6.54 Å². The van der Waals surface area contributed by atoms with Crippen LogP contribution in [-0.4, -0.2) is 41.6 Å². The van der Waals surface area contributed by atoms with Gasteiger partial charge in [0.1, 0.15) is 17.2 Å². The third kappa shape index (κ3) is 4.73. The standard InChI is InChI=1S/C20H25NO4/c1-13(2)14-5-7-15(8-6-14)25-12-19(23)16-9-10-18(22)17(20(16)24)11-21(3)4/h5-10,13,22,24H,11-12H2,1-4H3. The van der Waals surface area contributed by atoms with E-state index >= 15 is 0 Å². The molecular formula is C20H25NO4. The molecular weight excluding hydrogens is 318 g/mol. The lowest BCUT2D eigenvalue weighted by molar-refractivity contribution is 0.0918. The van der Waals surface area contributed by atoms with E-state index in [2.05, 4.69) is 13.8 Å². The maximum absolute atomic E-state index is 12.4. The second kappa shape index (κ2) is 8.03. The van der Waals surface area contributed by atoms with Gasteiger partial charge in [0.15, 0.2) is 6.61 Å². The number of benzene rings is 2. The van der Waals surface area contributed by atoms with E-state index in [9.17, 15) is 15.0 Å². The van der Waals surface area contributed by atoms with Crippen molar-refractivity contribution < 1.29 is 19.7 Å². The molecule has 0 aliphatic rings. The number of ketones is 1. The van der Waals surface area contributed by atoms with Gasteiger partial charge in [0.25, 0.3) is 0 Å². The summed E-state index contributed by atoms with van der Waals surface area (Å²) in [5.74, 6) is 0.458. The third-order valence-corrected chi connectivity index (χ3v) is 3.95. The van der Waals surface area contributed by atoms with Crippen LogP contribution < -0.4 is 4.74 Å². The van der Waals surface area contributed by atoms with Gasteiger partial charge >= 0.3 is 0 Å². The van der Waals surface area contributed by atoms with E-state index in [1.807, 2.05) is 38.4 Å². The van der Waals surface area contributed by atoms with Crippen LogP contribution in [0, 0.1) is 0 Å². The maximum atomic E-state index is 12.4. The molecule has 0 bridgehead atoms. The third-order valence-electron chi connectivity index (χ3n) is 3.95. The normalized spacial score (nSPS) is 11.1. The maximum Gasteiger partial charge on any atom is 0.203 e. The molecule has 0 aromatic heterocycles. The first-order valence-corrected chi connectivity index (χ1v) is 8.24. The highest BCUT2D eigenvalue weighted by Crippen LogP contribution is 2.31. The average molecular weight is 343 g/mol. The number of hydrogen-bond acceptors (Lipinski definition) is 5. The van der Waals surface area contributed by atoms with Gasteiger partial charge in [-0.1, -0.05) is 26.0 Å². The molecule has 134 valence electrons. The quantitative estimate of drug-likeness (QED) is 0.753. The van der Waals surface area contributed by atoms with Crippen LogP contribution in [0.25, 0.3) is 0 Å². The van der Waals surface area contributed by atoms with E-state index in [0.29, 0.717) is 23.8 Å². The monoisotopic (exact) mass is 343 g/mol. The fourth-order valence-corrected chi connectivity index (χ4v) is 2.50. The largest absolute Gasteiger partial charge is 0.507 e. The van der Waals surface area contributed by atoms with Gasteiger partial charge in [-0.25, -0.2) is 0 Å². The minimum Gasteiger partial charge on any atom is -0.507 e. The van der Waals surface area contributed by atoms with Crippen LogP contribution in [0.5, 0.6) is 17.2 Å². The number of Topliss-reactive ketones (excluding diaryl/α,β-unsaturated/α-hetero) is 1. The van der Waals surface area contributed by atoms with Gasteiger partial charge in [0.05, 0.1) is 11.1 Å². The van der Waals surface area contributed by atoms with Crippen LogP contribution in [0.3, 0.4) is 0 Å². The van der Waals surface area contributed by atoms with Gasteiger partial charge in [-0.2, -0.15) is 0 Å². The Morgan fingerprint density at radius 1 is 1.08 bits per heavy atom. The number of nitrogens with zero attached hydrogens (tertiary/aromatic N) is 1. The topological polar surface area (TPSA) is 70.0 Å². The molecule has 2 aromatic carbocycles. The van der Waals surface area contributed by atoms with Crippen molar-refractivity contribution in [3.63, 3.8) is 0 Å². The molecule has 5 nitrogen and oxygen atoms in total. The Balaban J connectivity index is 2.10. The van der Waals surface area contributed by atoms with Crippen LogP contribution in [0.15, 0.2) is 36.4 Å². The van der Waals surface area contributed by atoms with Gasteiger partial charge < -0.3 is 19.8 Å². The number of phenols is 2. The van der Waals surface area contributed by atoms with Crippen LogP contribution >= 0.6 is 0 Å². The number of aromatic hydroxyl groups is 2. The number of carbonyl (C=O) groups excluding carboxylic acids is 1. The number of ether oxygens (including phenoxy) is 1. The highest BCUT2D eigenvalue weighted by atomic mass is 16.5. The molecule has 0 unspecified atom stereocenters. The molecule has 2 N–H and O–H groups in total. The zero-order valence-electron chi connectivity index (χ0n) is 15.1. The minimum atomic E-state index is -0.342. The summed E-state index contributed by atoms with van der Waals surface area (Å²) >= 11 is 0. The van der Waals surface area contributed by atoms with Crippen molar-refractivity contribution in [2.75, 3.05) is 20.7 Å². The van der Waals surface area contributed by atoms with Crippen molar-refractivity contribution in [2.24, 2.45) is 0 Å². The Labute approximate surface area is 148 Å². The predicted molar refractivity (Wildman–Crippen MR) is 97.5 cm³/mol. The van der Waals surface area contributed by atoms with Crippen LogP contribution in [0.4, 0.5) is 0 Å². The molecule has 0 saturated carbocycles. The first-order chi connectivity index (χ1) is 11.8. The molecule has 0 amide bonds. The highest BCUT2D eigenvalue weighted by molar-refractivity contribution is 6.00. The van der Waals surface area contributed by atoms with Crippen molar-refractivity contribution in [1.82, 2.24) is 4.90 Å². The number of phenolic OH excluding ortho intramolecular Hbond substituents is 2. The number of rotatable bonds is 7. The van der Waals surface area contributed by atoms with E-state index < -0.39 is 0 Å². The molecule has 0 aliphatic heterocycles. The second-order valence-electron chi connectivity index (χ2n) is 6.63. The average Bonchev–Trinajstić information content (AvgIpc) is 2.56. The Kier molecular flexibility index (Phi) is 6.04. The zero-order chi connectivity index (χ0) is 18.6. The summed E-state index contributed by atoms with van der Waals surface area (Å²) in [7, 11) is 3.63. The Hall–Kier alpha value is -2.53. The summed E-state index contributed by atoms with van der Waals surface area (Å²) in [6, 6.07) is 10.4. The lowest BCUT2D eigenvalue weighted by Gasteiger charge is -2.15. The lowest BCUT2D eigenvalue weighted by Crippen LogP contribution is -2.15. The first-order valence-electron chi connectivity index (χ1n) is 8.24. The van der Waals surface area contributed by atoms with E-state index in [1.54, 1.807) is 4.90 Å². The molecule has 0 aliphatic carbocycles. The molecule has 0 fully saturated rings. The zero-order valence-corrected chi connectivity index (χ0v) is 15.1. The Morgan fingerprint density at radius 2 is 1.72 bits per heavy atom. The fourth-order valence-electron chi connectivity index (χ4n) is 2.50. The molecule has 0 heterocycles. The van der Waals surface area contributed by atoms with Gasteiger partial charge in [0.2, 0.25) is 5.78 Å². The molecule has 0 radical (unpaired) electrons. The van der Waals surface area contributed by atoms with Crippen molar-refractivity contribution in [3.05, 3.63) is 53.1 Å². The van der Waals surface area contributed by atoms with E-state index in [1.165, 1.54) is 17.7 Å². The number of hydrogen-bond donors (Lipinski definition) is 2. The van der Waals surface area contributed by atoms with Crippen molar-refractivity contribution in [3.8, 4) is 17.2 Å². The summed E-state index contributed by atoms with van der Waals surface area (Å²) in [6.45, 7) is 4.37. The lowest BCUT2D eigenvalue weighted by atomic mass is 10.0. The van der Waals surface area contributed by atoms with Crippen molar-refractivity contribution in [2.45, 2.75) is 26.3 Å². The van der Waals surface area contributed by atoms with Crippen LogP contribution in [-0.2, 0) is 6.54 Å². The smallest absolute Gasteiger partial charge is 0.203 e. The molecule has 2 rings (SSSR count). The highest BCUT2D eigenvalue weighted by Gasteiger charge is 2.18. The van der Waals surface area contributed by atoms with Gasteiger partial charge in [-0.15, -0.1) is 0 Å². The second-order valence-corrected chi connectivity index (χ2v) is 6.63. The van der Waals surface area contributed by atoms with Crippen LogP contribution in [0.2, 0.25) is 0 Å². The number of carbonyl (C=O) groups is 1. The molecule has 0 saturated heterocycles. The molecule has 25 heavy (non-hydrogen) atoms. The van der Waals surface area contributed by atoms with Gasteiger partial charge in [-0.3, -0.25) is 4.79 Å². The molecule has 2 aromatic rings. The minimum absolute atomic E-state index is 0.0343. The molecule has 0 spiro atoms. The molecule has 0 atom stereocenters. The van der Waals surface area contributed by atoms with E-state index in [0.717, 1.165) is 0 Å². The Morgan fingerprint density at radius 3 is 2.28 bits per heavy atom. The van der Waals surface area contributed by atoms with Crippen LogP contribution in [0.1, 0.15) is 41.3 Å². The van der Waals surface area contributed by atoms with Crippen molar-refractivity contribution in [1.29, 1.82) is 0 Å². The summed E-state index contributed by atoms with van der Waals surface area (Å²) in [4.78, 5) is 14.2. The SMILES string of the molecule is CC(C)c1ccc(OCC(=O)c2ccc(O)c(CN(C)C)c2O)cc1. The van der Waals surface area contributed by atoms with Gasteiger partial charge in [-0.05, 0) is 49.8 Å². The fraction of sp³-hybridized carbons (Fsp3) is 0.350. The molecule has 5 heteroatoms. The van der Waals surface area contributed by atoms with Crippen molar-refractivity contribution >= 4 is 5.78 Å². The van der Waals surface area contributed by atoms with E-state index in [4.69, 9.17) is 4.74 Å². The van der Waals surface area contributed by atoms with E-state index in [-0.39, 0.29) is 29.5 Å². The first kappa shape index (κ1) is 18.8. The Bertz CT molecular complexity index is 736.